The molecule has 90 valence electrons. The van der Waals surface area contributed by atoms with E-state index in [9.17, 15) is 5.11 Å². The number of anilines is 1. The molecule has 1 fully saturated rings. The smallest absolute Gasteiger partial charge is 0.161 e. The molecule has 0 aromatic carbocycles. The summed E-state index contributed by atoms with van der Waals surface area (Å²) in [6, 6.07) is 5.74. The Morgan fingerprint density at radius 1 is 1.71 bits per heavy atom. The normalized spacial score (nSPS) is 21.9. The van der Waals surface area contributed by atoms with E-state index in [0.29, 0.717) is 19.7 Å². The molecule has 0 saturated carbocycles. The number of rotatable bonds is 2. The minimum Gasteiger partial charge on any atom is -0.389 e. The van der Waals surface area contributed by atoms with Gasteiger partial charge in [0.05, 0.1) is 25.3 Å². The molecule has 1 N–H and O–H groups in total. The molecular formula is C12H15N3O2. The van der Waals surface area contributed by atoms with Crippen LogP contribution >= 0.6 is 0 Å². The summed E-state index contributed by atoms with van der Waals surface area (Å²) in [6.45, 7) is 3.48. The SMILES string of the molecule is CC(O)c1ccnc(N2CCOC(C#N)C2)c1. The maximum Gasteiger partial charge on any atom is 0.161 e. The molecule has 0 aliphatic carbocycles. The van der Waals surface area contributed by atoms with Gasteiger partial charge in [-0.25, -0.2) is 4.98 Å². The van der Waals surface area contributed by atoms with Crippen molar-refractivity contribution >= 4 is 5.82 Å². The standard InChI is InChI=1S/C12H15N3O2/c1-9(16)10-2-3-14-12(6-10)15-4-5-17-11(7-13)8-15/h2-3,6,9,11,16H,4-5,8H2,1H3. The Morgan fingerprint density at radius 2 is 2.53 bits per heavy atom. The Balaban J connectivity index is 2.16. The highest BCUT2D eigenvalue weighted by atomic mass is 16.5. The molecule has 0 amide bonds. The third kappa shape index (κ3) is 2.73. The second kappa shape index (κ2) is 5.13. The molecule has 1 aliphatic heterocycles. The third-order valence-electron chi connectivity index (χ3n) is 2.79. The molecule has 2 rings (SSSR count). The molecule has 5 heteroatoms. The van der Waals surface area contributed by atoms with E-state index in [1.165, 1.54) is 0 Å². The van der Waals surface area contributed by atoms with Crippen molar-refractivity contribution in [3.8, 4) is 6.07 Å². The summed E-state index contributed by atoms with van der Waals surface area (Å²) >= 11 is 0. The van der Waals surface area contributed by atoms with Gasteiger partial charge >= 0.3 is 0 Å². The van der Waals surface area contributed by atoms with Crippen LogP contribution in [0.1, 0.15) is 18.6 Å². The van der Waals surface area contributed by atoms with Crippen molar-refractivity contribution in [1.82, 2.24) is 4.98 Å². The quantitative estimate of drug-likeness (QED) is 0.820. The zero-order valence-electron chi connectivity index (χ0n) is 9.71. The van der Waals surface area contributed by atoms with Crippen molar-refractivity contribution in [2.24, 2.45) is 0 Å². The summed E-state index contributed by atoms with van der Waals surface area (Å²) in [5, 5.41) is 18.4. The number of aliphatic hydroxyl groups is 1. The first kappa shape index (κ1) is 11.8. The Kier molecular flexibility index (Phi) is 3.57. The van der Waals surface area contributed by atoms with Crippen LogP contribution < -0.4 is 4.90 Å². The maximum atomic E-state index is 9.52. The van der Waals surface area contributed by atoms with Gasteiger partial charge in [-0.3, -0.25) is 0 Å². The zero-order valence-corrected chi connectivity index (χ0v) is 9.71. The summed E-state index contributed by atoms with van der Waals surface area (Å²) in [4.78, 5) is 6.27. The van der Waals surface area contributed by atoms with Crippen molar-refractivity contribution in [3.63, 3.8) is 0 Å². The van der Waals surface area contributed by atoms with Crippen LogP contribution in [-0.2, 0) is 4.74 Å². The lowest BCUT2D eigenvalue weighted by Crippen LogP contribution is -2.42. The number of hydrogen-bond acceptors (Lipinski definition) is 5. The second-order valence-corrected chi connectivity index (χ2v) is 4.06. The predicted octanol–water partition coefficient (Wildman–Crippen LogP) is 0.864. The van der Waals surface area contributed by atoms with E-state index < -0.39 is 12.2 Å². The van der Waals surface area contributed by atoms with Gasteiger partial charge in [0.1, 0.15) is 5.82 Å². The van der Waals surface area contributed by atoms with Gasteiger partial charge in [-0.2, -0.15) is 5.26 Å². The lowest BCUT2D eigenvalue weighted by Gasteiger charge is -2.30. The van der Waals surface area contributed by atoms with Crippen LogP contribution in [0.15, 0.2) is 18.3 Å². The van der Waals surface area contributed by atoms with E-state index in [-0.39, 0.29) is 0 Å². The molecule has 2 atom stereocenters. The average Bonchev–Trinajstić information content (AvgIpc) is 2.39. The van der Waals surface area contributed by atoms with Crippen LogP contribution in [0.2, 0.25) is 0 Å². The monoisotopic (exact) mass is 233 g/mol. The fourth-order valence-electron chi connectivity index (χ4n) is 1.80. The summed E-state index contributed by atoms with van der Waals surface area (Å²) in [5.41, 5.74) is 0.829. The molecule has 0 radical (unpaired) electrons. The first-order valence-electron chi connectivity index (χ1n) is 5.61. The number of aromatic nitrogens is 1. The number of aliphatic hydroxyl groups excluding tert-OH is 1. The van der Waals surface area contributed by atoms with Gasteiger partial charge in [0, 0.05) is 12.7 Å². The van der Waals surface area contributed by atoms with E-state index in [1.54, 1.807) is 19.2 Å². The van der Waals surface area contributed by atoms with Crippen LogP contribution in [0.4, 0.5) is 5.82 Å². The molecule has 1 aliphatic rings. The molecule has 2 heterocycles. The summed E-state index contributed by atoms with van der Waals surface area (Å²) < 4.78 is 5.28. The van der Waals surface area contributed by atoms with Gasteiger partial charge in [0.15, 0.2) is 6.10 Å². The van der Waals surface area contributed by atoms with Gasteiger partial charge in [0.25, 0.3) is 0 Å². The minimum atomic E-state index is -0.510. The second-order valence-electron chi connectivity index (χ2n) is 4.06. The topological polar surface area (TPSA) is 69.4 Å². The molecule has 17 heavy (non-hydrogen) atoms. The van der Waals surface area contributed by atoms with E-state index in [4.69, 9.17) is 10.00 Å². The predicted molar refractivity (Wildman–Crippen MR) is 62.4 cm³/mol. The van der Waals surface area contributed by atoms with Crippen molar-refractivity contribution in [2.75, 3.05) is 24.6 Å². The number of ether oxygens (including phenoxy) is 1. The van der Waals surface area contributed by atoms with Crippen LogP contribution in [0.5, 0.6) is 0 Å². The van der Waals surface area contributed by atoms with Crippen molar-refractivity contribution in [1.29, 1.82) is 5.26 Å². The number of morpholine rings is 1. The van der Waals surface area contributed by atoms with Gasteiger partial charge in [-0.05, 0) is 24.6 Å². The van der Waals surface area contributed by atoms with E-state index in [2.05, 4.69) is 11.1 Å². The first-order valence-corrected chi connectivity index (χ1v) is 5.61. The molecule has 2 unspecified atom stereocenters. The fourth-order valence-corrected chi connectivity index (χ4v) is 1.80. The third-order valence-corrected chi connectivity index (χ3v) is 2.79. The number of nitrogens with zero attached hydrogens (tertiary/aromatic N) is 3. The van der Waals surface area contributed by atoms with E-state index in [1.807, 2.05) is 11.0 Å². The van der Waals surface area contributed by atoms with Crippen molar-refractivity contribution in [3.05, 3.63) is 23.9 Å². The molecule has 0 spiro atoms. The largest absolute Gasteiger partial charge is 0.389 e. The molecule has 0 bridgehead atoms. The van der Waals surface area contributed by atoms with Crippen molar-refractivity contribution < 1.29 is 9.84 Å². The first-order chi connectivity index (χ1) is 8.20. The van der Waals surface area contributed by atoms with Crippen molar-refractivity contribution in [2.45, 2.75) is 19.1 Å². The number of hydrogen-bond donors (Lipinski definition) is 1. The summed E-state index contributed by atoms with van der Waals surface area (Å²) in [7, 11) is 0. The van der Waals surface area contributed by atoms with Crippen LogP contribution in [0.3, 0.4) is 0 Å². The number of nitriles is 1. The molecule has 1 aromatic heterocycles. The van der Waals surface area contributed by atoms with E-state index in [0.717, 1.165) is 11.4 Å². The van der Waals surface area contributed by atoms with Crippen LogP contribution in [0.25, 0.3) is 0 Å². The highest BCUT2D eigenvalue weighted by molar-refractivity contribution is 5.42. The van der Waals surface area contributed by atoms with Crippen LogP contribution in [-0.4, -0.2) is 35.9 Å². The Hall–Kier alpha value is -1.64. The molecular weight excluding hydrogens is 218 g/mol. The number of pyridine rings is 1. The highest BCUT2D eigenvalue weighted by Gasteiger charge is 2.21. The molecule has 1 aromatic rings. The van der Waals surface area contributed by atoms with Crippen LogP contribution in [0, 0.1) is 11.3 Å². The van der Waals surface area contributed by atoms with Gasteiger partial charge in [-0.1, -0.05) is 0 Å². The fraction of sp³-hybridized carbons (Fsp3) is 0.500. The Bertz CT molecular complexity index is 428. The summed E-state index contributed by atoms with van der Waals surface area (Å²) in [6.07, 6.45) is 0.763. The van der Waals surface area contributed by atoms with Gasteiger partial charge in [-0.15, -0.1) is 0 Å². The highest BCUT2D eigenvalue weighted by Crippen LogP contribution is 2.19. The molecule has 5 nitrogen and oxygen atoms in total. The van der Waals surface area contributed by atoms with Gasteiger partial charge in [0.2, 0.25) is 0 Å². The average molecular weight is 233 g/mol. The van der Waals surface area contributed by atoms with Gasteiger partial charge < -0.3 is 14.7 Å². The molecule has 1 saturated heterocycles. The zero-order chi connectivity index (χ0) is 12.3. The lowest BCUT2D eigenvalue weighted by atomic mass is 10.1. The minimum absolute atomic E-state index is 0.402. The Morgan fingerprint density at radius 3 is 3.24 bits per heavy atom. The van der Waals surface area contributed by atoms with E-state index >= 15 is 0 Å². The lowest BCUT2D eigenvalue weighted by molar-refractivity contribution is 0.0761. The summed E-state index contributed by atoms with van der Waals surface area (Å²) in [5.74, 6) is 0.784. The maximum absolute atomic E-state index is 9.52. The Labute approximate surface area is 100 Å².